The topological polar surface area (TPSA) is 70.0 Å². The first-order valence-electron chi connectivity index (χ1n) is 19.6. The first-order chi connectivity index (χ1) is 25.8. The SMILES string of the molecule is CC(C)(Sc1cc(C(C)(C)C)c(O)c(C(C)(C)C)c1)Sc1cc(C(C)(C)C)c(O)c(C(C)(C)CCOC(=O)[C@H](c2ccccc2Cl)N2CCc3sccc3C2)c1. The third-order valence-electron chi connectivity index (χ3n) is 10.6. The lowest BCUT2D eigenvalue weighted by molar-refractivity contribution is -0.151. The molecular weight excluding hydrogens is 774 g/mol. The van der Waals surface area contributed by atoms with Crippen molar-refractivity contribution in [2.24, 2.45) is 0 Å². The van der Waals surface area contributed by atoms with E-state index >= 15 is 0 Å². The highest BCUT2D eigenvalue weighted by Gasteiger charge is 2.36. The summed E-state index contributed by atoms with van der Waals surface area (Å²) in [5.41, 5.74) is 4.36. The van der Waals surface area contributed by atoms with E-state index in [2.05, 4.69) is 131 Å². The number of phenolic OH excluding ortho intramolecular Hbond substituents is 2. The molecule has 56 heavy (non-hydrogen) atoms. The van der Waals surface area contributed by atoms with Crippen LogP contribution in [0.5, 0.6) is 11.5 Å². The van der Waals surface area contributed by atoms with Crippen molar-refractivity contribution in [1.29, 1.82) is 0 Å². The van der Waals surface area contributed by atoms with Crippen LogP contribution in [0, 0.1) is 0 Å². The molecule has 0 aliphatic carbocycles. The Morgan fingerprint density at radius 2 is 1.29 bits per heavy atom. The van der Waals surface area contributed by atoms with Gasteiger partial charge in [0, 0.05) is 55.0 Å². The summed E-state index contributed by atoms with van der Waals surface area (Å²) in [5.74, 6) is 0.364. The molecule has 1 atom stereocenters. The number of benzene rings is 3. The molecule has 2 heterocycles. The minimum atomic E-state index is -0.618. The molecule has 0 unspecified atom stereocenters. The molecule has 0 radical (unpaired) electrons. The van der Waals surface area contributed by atoms with Crippen molar-refractivity contribution in [3.8, 4) is 11.5 Å². The van der Waals surface area contributed by atoms with E-state index in [1.807, 2.05) is 24.3 Å². The minimum Gasteiger partial charge on any atom is -0.507 e. The third-order valence-corrected chi connectivity index (χ3v) is 14.4. The van der Waals surface area contributed by atoms with Gasteiger partial charge in [0.2, 0.25) is 0 Å². The molecule has 5 nitrogen and oxygen atoms in total. The lowest BCUT2D eigenvalue weighted by atomic mass is 9.77. The molecule has 0 saturated heterocycles. The van der Waals surface area contributed by atoms with Crippen LogP contribution >= 0.6 is 46.5 Å². The second kappa shape index (κ2) is 16.6. The van der Waals surface area contributed by atoms with Gasteiger partial charge in [-0.25, -0.2) is 4.79 Å². The van der Waals surface area contributed by atoms with Gasteiger partial charge >= 0.3 is 5.97 Å². The van der Waals surface area contributed by atoms with Crippen LogP contribution < -0.4 is 0 Å². The van der Waals surface area contributed by atoms with Gasteiger partial charge in [-0.2, -0.15) is 0 Å². The second-order valence-corrected chi connectivity index (χ2v) is 24.5. The Balaban J connectivity index is 1.40. The number of phenols is 2. The Labute approximate surface area is 354 Å². The molecule has 1 aliphatic rings. The van der Waals surface area contributed by atoms with Gasteiger partial charge in [-0.3, -0.25) is 4.90 Å². The smallest absolute Gasteiger partial charge is 0.328 e. The Hall–Kier alpha value is -2.62. The first kappa shape index (κ1) is 44.5. The summed E-state index contributed by atoms with van der Waals surface area (Å²) >= 11 is 12.0. The maximum atomic E-state index is 14.1. The highest BCUT2D eigenvalue weighted by Crippen LogP contribution is 2.51. The van der Waals surface area contributed by atoms with Gasteiger partial charge in [0.15, 0.2) is 0 Å². The van der Waals surface area contributed by atoms with Crippen LogP contribution in [-0.2, 0) is 44.2 Å². The Morgan fingerprint density at radius 3 is 1.80 bits per heavy atom. The number of thioether (sulfide) groups is 2. The quantitative estimate of drug-likeness (QED) is 0.0886. The normalized spacial score (nSPS) is 15.1. The molecule has 5 rings (SSSR count). The number of halogens is 1. The number of rotatable bonds is 11. The summed E-state index contributed by atoms with van der Waals surface area (Å²) in [4.78, 5) is 19.8. The summed E-state index contributed by atoms with van der Waals surface area (Å²) in [7, 11) is 0. The number of carbonyl (C=O) groups excluding carboxylic acids is 1. The van der Waals surface area contributed by atoms with E-state index in [9.17, 15) is 15.0 Å². The third kappa shape index (κ3) is 10.3. The summed E-state index contributed by atoms with van der Waals surface area (Å²) < 4.78 is 5.84. The fraction of sp³-hybridized carbons (Fsp3) is 0.511. The number of aromatic hydroxyl groups is 2. The highest BCUT2D eigenvalue weighted by molar-refractivity contribution is 8.18. The Morgan fingerprint density at radius 1 is 0.786 bits per heavy atom. The molecule has 0 bridgehead atoms. The number of carbonyl (C=O) groups is 1. The number of thiophene rings is 1. The van der Waals surface area contributed by atoms with Crippen molar-refractivity contribution in [3.63, 3.8) is 0 Å². The van der Waals surface area contributed by atoms with Crippen LogP contribution in [0.15, 0.2) is 69.8 Å². The maximum Gasteiger partial charge on any atom is 0.328 e. The molecule has 9 heteroatoms. The molecule has 4 aromatic rings. The van der Waals surface area contributed by atoms with Crippen molar-refractivity contribution in [1.82, 2.24) is 4.90 Å². The number of hydrogen-bond acceptors (Lipinski definition) is 8. The van der Waals surface area contributed by atoms with E-state index in [-0.39, 0.29) is 32.9 Å². The first-order valence-corrected chi connectivity index (χ1v) is 22.5. The molecular formula is C47H62ClNO4S3. The lowest BCUT2D eigenvalue weighted by Gasteiger charge is -2.34. The van der Waals surface area contributed by atoms with Gasteiger partial charge in [0.05, 0.1) is 10.7 Å². The van der Waals surface area contributed by atoms with Crippen molar-refractivity contribution in [3.05, 3.63) is 103 Å². The summed E-state index contributed by atoms with van der Waals surface area (Å²) in [5, 5.41) is 25.9. The number of esters is 1. The van der Waals surface area contributed by atoms with Gasteiger partial charge in [-0.1, -0.05) is 106 Å². The van der Waals surface area contributed by atoms with E-state index in [1.165, 1.54) is 10.4 Å². The predicted octanol–water partition coefficient (Wildman–Crippen LogP) is 13.3. The van der Waals surface area contributed by atoms with Gasteiger partial charge in [-0.05, 0) is 101 Å². The zero-order chi connectivity index (χ0) is 41.6. The van der Waals surface area contributed by atoms with E-state index in [4.69, 9.17) is 16.3 Å². The molecule has 0 amide bonds. The molecule has 1 aliphatic heterocycles. The van der Waals surface area contributed by atoms with Crippen LogP contribution in [0.2, 0.25) is 5.02 Å². The molecule has 1 aromatic heterocycles. The number of ether oxygens (including phenoxy) is 1. The van der Waals surface area contributed by atoms with Crippen molar-refractivity contribution in [2.45, 2.75) is 151 Å². The largest absolute Gasteiger partial charge is 0.507 e. The highest BCUT2D eigenvalue weighted by atomic mass is 35.5. The van der Waals surface area contributed by atoms with Crippen LogP contribution in [0.1, 0.15) is 141 Å². The van der Waals surface area contributed by atoms with Crippen LogP contribution in [-0.4, -0.2) is 38.3 Å². The summed E-state index contributed by atoms with van der Waals surface area (Å²) in [6.07, 6.45) is 1.41. The lowest BCUT2D eigenvalue weighted by Crippen LogP contribution is -2.39. The van der Waals surface area contributed by atoms with Gasteiger partial charge < -0.3 is 14.9 Å². The van der Waals surface area contributed by atoms with Crippen molar-refractivity contribution < 1.29 is 19.7 Å². The number of fused-ring (bicyclic) bond motifs is 1. The van der Waals surface area contributed by atoms with Crippen LogP contribution in [0.3, 0.4) is 0 Å². The monoisotopic (exact) mass is 835 g/mol. The number of hydrogen-bond donors (Lipinski definition) is 2. The van der Waals surface area contributed by atoms with E-state index in [1.54, 1.807) is 34.9 Å². The molecule has 2 N–H and O–H groups in total. The maximum absolute atomic E-state index is 14.1. The Kier molecular flexibility index (Phi) is 13.2. The van der Waals surface area contributed by atoms with Gasteiger partial charge in [0.1, 0.15) is 17.5 Å². The zero-order valence-corrected chi connectivity index (χ0v) is 38.9. The molecule has 0 fully saturated rings. The standard InChI is InChI=1S/C47H62ClNO4S3/c1-43(2,3)33-24-30(25-34(40(33)50)44(4,5)6)55-47(12,13)56-31-26-35(45(7,8)9)41(51)36(27-31)46(10,11)20-22-53-42(52)39(32-16-14-15-17-37(32)48)49-21-18-38-29(28-49)19-23-54-38/h14-17,19,23-27,39,50-51H,18,20-22,28H2,1-13H3/t39-/m0/s1. The molecule has 304 valence electrons. The predicted molar refractivity (Wildman–Crippen MR) is 239 cm³/mol. The zero-order valence-electron chi connectivity index (χ0n) is 35.6. The average Bonchev–Trinajstić information content (AvgIpc) is 3.53. The fourth-order valence-corrected chi connectivity index (χ4v) is 11.1. The average molecular weight is 837 g/mol. The Bertz CT molecular complexity index is 2010. The summed E-state index contributed by atoms with van der Waals surface area (Å²) in [6, 6.07) is 17.6. The fourth-order valence-electron chi connectivity index (χ4n) is 7.43. The van der Waals surface area contributed by atoms with E-state index < -0.39 is 11.5 Å². The second-order valence-electron chi connectivity index (χ2n) is 19.4. The minimum absolute atomic E-state index is 0.195. The molecule has 3 aromatic carbocycles. The van der Waals surface area contributed by atoms with E-state index in [0.29, 0.717) is 29.5 Å². The number of nitrogens with zero attached hydrogens (tertiary/aromatic N) is 1. The van der Waals surface area contributed by atoms with Gasteiger partial charge in [-0.15, -0.1) is 34.9 Å². The van der Waals surface area contributed by atoms with E-state index in [0.717, 1.165) is 50.6 Å². The summed E-state index contributed by atoms with van der Waals surface area (Å²) in [6.45, 7) is 29.5. The molecule has 0 saturated carbocycles. The van der Waals surface area contributed by atoms with Crippen LogP contribution in [0.4, 0.5) is 0 Å². The van der Waals surface area contributed by atoms with Crippen LogP contribution in [0.25, 0.3) is 0 Å². The van der Waals surface area contributed by atoms with Gasteiger partial charge in [0.25, 0.3) is 0 Å². The van der Waals surface area contributed by atoms with Crippen molar-refractivity contribution >= 4 is 52.4 Å². The van der Waals surface area contributed by atoms with Crippen molar-refractivity contribution in [2.75, 3.05) is 13.2 Å². The molecule has 0 spiro atoms.